The summed E-state index contributed by atoms with van der Waals surface area (Å²) in [5.74, 6) is -0.0532. The van der Waals surface area contributed by atoms with Crippen molar-refractivity contribution in [3.05, 3.63) is 65.7 Å². The SMILES string of the molecule is CC(C)CCNC(=O)COc1ccccc1C(=O)NCC(=O)c1ccccc1. The summed E-state index contributed by atoms with van der Waals surface area (Å²) in [6.07, 6.45) is 0.889. The quantitative estimate of drug-likeness (QED) is 0.619. The number of rotatable bonds is 10. The minimum absolute atomic E-state index is 0.118. The zero-order valence-corrected chi connectivity index (χ0v) is 16.2. The molecule has 0 saturated heterocycles. The van der Waals surface area contributed by atoms with E-state index in [0.717, 1.165) is 6.42 Å². The molecule has 2 rings (SSSR count). The molecule has 0 aliphatic carbocycles. The van der Waals surface area contributed by atoms with E-state index < -0.39 is 5.91 Å². The van der Waals surface area contributed by atoms with E-state index in [1.165, 1.54) is 0 Å². The molecule has 0 unspecified atom stereocenters. The number of amides is 2. The Morgan fingerprint density at radius 1 is 0.929 bits per heavy atom. The standard InChI is InChI=1S/C22H26N2O4/c1-16(2)12-13-23-21(26)15-28-20-11-7-6-10-18(20)22(27)24-14-19(25)17-8-4-3-5-9-17/h3-11,16H,12-15H2,1-2H3,(H,23,26)(H,24,27). The Hall–Kier alpha value is -3.15. The summed E-state index contributed by atoms with van der Waals surface area (Å²) in [7, 11) is 0. The fourth-order valence-electron chi connectivity index (χ4n) is 2.46. The largest absolute Gasteiger partial charge is 0.483 e. The Morgan fingerprint density at radius 2 is 1.61 bits per heavy atom. The zero-order chi connectivity index (χ0) is 20.4. The van der Waals surface area contributed by atoms with Crippen molar-refractivity contribution in [2.75, 3.05) is 19.7 Å². The van der Waals surface area contributed by atoms with Crippen LogP contribution >= 0.6 is 0 Å². The van der Waals surface area contributed by atoms with E-state index in [-0.39, 0.29) is 30.4 Å². The molecule has 2 aromatic rings. The molecule has 0 heterocycles. The first kappa shape index (κ1) is 21.2. The highest BCUT2D eigenvalue weighted by atomic mass is 16.5. The Labute approximate surface area is 165 Å². The van der Waals surface area contributed by atoms with Crippen LogP contribution in [-0.4, -0.2) is 37.3 Å². The van der Waals surface area contributed by atoms with Crippen LogP contribution in [0.5, 0.6) is 5.75 Å². The molecule has 148 valence electrons. The lowest BCUT2D eigenvalue weighted by Crippen LogP contribution is -2.32. The van der Waals surface area contributed by atoms with Gasteiger partial charge in [0.2, 0.25) is 0 Å². The van der Waals surface area contributed by atoms with Gasteiger partial charge in [0, 0.05) is 12.1 Å². The number of para-hydroxylation sites is 1. The van der Waals surface area contributed by atoms with Gasteiger partial charge in [-0.2, -0.15) is 0 Å². The van der Waals surface area contributed by atoms with Crippen LogP contribution in [0.2, 0.25) is 0 Å². The monoisotopic (exact) mass is 382 g/mol. The molecule has 6 heteroatoms. The van der Waals surface area contributed by atoms with E-state index in [4.69, 9.17) is 4.74 Å². The van der Waals surface area contributed by atoms with Gasteiger partial charge in [0.1, 0.15) is 5.75 Å². The molecule has 0 atom stereocenters. The van der Waals surface area contributed by atoms with Crippen LogP contribution in [0.4, 0.5) is 0 Å². The van der Waals surface area contributed by atoms with E-state index >= 15 is 0 Å². The second-order valence-electron chi connectivity index (χ2n) is 6.79. The highest BCUT2D eigenvalue weighted by molar-refractivity contribution is 6.03. The molecule has 6 nitrogen and oxygen atoms in total. The Morgan fingerprint density at radius 3 is 2.32 bits per heavy atom. The lowest BCUT2D eigenvalue weighted by molar-refractivity contribution is -0.123. The topological polar surface area (TPSA) is 84.5 Å². The maximum Gasteiger partial charge on any atom is 0.257 e. The van der Waals surface area contributed by atoms with Gasteiger partial charge in [-0.05, 0) is 24.5 Å². The molecule has 28 heavy (non-hydrogen) atoms. The maximum atomic E-state index is 12.4. The summed E-state index contributed by atoms with van der Waals surface area (Å²) < 4.78 is 5.51. The highest BCUT2D eigenvalue weighted by Gasteiger charge is 2.15. The van der Waals surface area contributed by atoms with Gasteiger partial charge in [0.25, 0.3) is 11.8 Å². The number of Topliss-reactive ketones (excluding diaryl/α,β-unsaturated/α-hetero) is 1. The summed E-state index contributed by atoms with van der Waals surface area (Å²) in [5.41, 5.74) is 0.809. The van der Waals surface area contributed by atoms with Gasteiger partial charge in [0.05, 0.1) is 12.1 Å². The van der Waals surface area contributed by atoms with Gasteiger partial charge >= 0.3 is 0 Å². The predicted octanol–water partition coefficient (Wildman–Crippen LogP) is 2.84. The molecule has 0 saturated carbocycles. The number of carbonyl (C=O) groups excluding carboxylic acids is 3. The van der Waals surface area contributed by atoms with E-state index in [9.17, 15) is 14.4 Å². The summed E-state index contributed by atoms with van der Waals surface area (Å²) in [6, 6.07) is 15.4. The molecular weight excluding hydrogens is 356 g/mol. The van der Waals surface area contributed by atoms with Crippen LogP contribution < -0.4 is 15.4 Å². The van der Waals surface area contributed by atoms with Crippen molar-refractivity contribution in [3.8, 4) is 5.75 Å². The molecule has 0 radical (unpaired) electrons. The molecule has 0 aliphatic heterocycles. The average Bonchev–Trinajstić information content (AvgIpc) is 2.70. The predicted molar refractivity (Wildman–Crippen MR) is 108 cm³/mol. The average molecular weight is 382 g/mol. The Balaban J connectivity index is 1.89. The summed E-state index contributed by atoms with van der Waals surface area (Å²) >= 11 is 0. The summed E-state index contributed by atoms with van der Waals surface area (Å²) in [5, 5.41) is 5.39. The van der Waals surface area contributed by atoms with Crippen LogP contribution in [0, 0.1) is 5.92 Å². The van der Waals surface area contributed by atoms with Crippen molar-refractivity contribution in [1.82, 2.24) is 10.6 Å². The number of hydrogen-bond donors (Lipinski definition) is 2. The van der Waals surface area contributed by atoms with Crippen LogP contribution in [0.3, 0.4) is 0 Å². The fraction of sp³-hybridized carbons (Fsp3) is 0.318. The van der Waals surface area contributed by atoms with Crippen LogP contribution in [-0.2, 0) is 4.79 Å². The number of carbonyl (C=O) groups is 3. The third-order valence-electron chi connectivity index (χ3n) is 4.04. The maximum absolute atomic E-state index is 12.4. The van der Waals surface area contributed by atoms with E-state index in [1.54, 1.807) is 48.5 Å². The smallest absolute Gasteiger partial charge is 0.257 e. The van der Waals surface area contributed by atoms with Crippen molar-refractivity contribution in [1.29, 1.82) is 0 Å². The van der Waals surface area contributed by atoms with E-state index in [1.807, 2.05) is 6.07 Å². The molecular formula is C22H26N2O4. The third kappa shape index (κ3) is 6.87. The van der Waals surface area contributed by atoms with Crippen LogP contribution in [0.1, 0.15) is 41.0 Å². The Bertz CT molecular complexity index is 803. The number of benzene rings is 2. The first-order chi connectivity index (χ1) is 13.5. The zero-order valence-electron chi connectivity index (χ0n) is 16.2. The van der Waals surface area contributed by atoms with Gasteiger partial charge in [0.15, 0.2) is 12.4 Å². The van der Waals surface area contributed by atoms with Crippen molar-refractivity contribution in [3.63, 3.8) is 0 Å². The lowest BCUT2D eigenvalue weighted by atomic mass is 10.1. The van der Waals surface area contributed by atoms with E-state index in [0.29, 0.717) is 23.8 Å². The van der Waals surface area contributed by atoms with Crippen molar-refractivity contribution >= 4 is 17.6 Å². The van der Waals surface area contributed by atoms with Crippen LogP contribution in [0.15, 0.2) is 54.6 Å². The number of ketones is 1. The first-order valence-corrected chi connectivity index (χ1v) is 9.32. The Kier molecular flexibility index (Phi) is 8.21. The molecule has 0 fully saturated rings. The second-order valence-corrected chi connectivity index (χ2v) is 6.79. The first-order valence-electron chi connectivity index (χ1n) is 9.32. The van der Waals surface area contributed by atoms with E-state index in [2.05, 4.69) is 24.5 Å². The van der Waals surface area contributed by atoms with Crippen molar-refractivity contribution in [2.45, 2.75) is 20.3 Å². The molecule has 2 aromatic carbocycles. The molecule has 0 bridgehead atoms. The summed E-state index contributed by atoms with van der Waals surface area (Å²) in [4.78, 5) is 36.4. The molecule has 2 N–H and O–H groups in total. The number of hydrogen-bond acceptors (Lipinski definition) is 4. The van der Waals surface area contributed by atoms with Gasteiger partial charge in [-0.1, -0.05) is 56.3 Å². The van der Waals surface area contributed by atoms with Gasteiger partial charge in [-0.25, -0.2) is 0 Å². The third-order valence-corrected chi connectivity index (χ3v) is 4.04. The lowest BCUT2D eigenvalue weighted by Gasteiger charge is -2.12. The van der Waals surface area contributed by atoms with Crippen molar-refractivity contribution in [2.24, 2.45) is 5.92 Å². The van der Waals surface area contributed by atoms with Crippen LogP contribution in [0.25, 0.3) is 0 Å². The van der Waals surface area contributed by atoms with Gasteiger partial charge < -0.3 is 15.4 Å². The molecule has 0 aliphatic rings. The minimum atomic E-state index is -0.430. The number of ether oxygens (including phenoxy) is 1. The minimum Gasteiger partial charge on any atom is -0.483 e. The normalized spacial score (nSPS) is 10.4. The molecule has 0 aromatic heterocycles. The molecule has 2 amide bonds. The van der Waals surface area contributed by atoms with Crippen molar-refractivity contribution < 1.29 is 19.1 Å². The fourth-order valence-corrected chi connectivity index (χ4v) is 2.46. The van der Waals surface area contributed by atoms with Gasteiger partial charge in [-0.3, -0.25) is 14.4 Å². The summed E-state index contributed by atoms with van der Waals surface area (Å²) in [6.45, 7) is 4.46. The highest BCUT2D eigenvalue weighted by Crippen LogP contribution is 2.17. The van der Waals surface area contributed by atoms with Gasteiger partial charge in [-0.15, -0.1) is 0 Å². The molecule has 0 spiro atoms. The second kappa shape index (κ2) is 10.9. The number of nitrogens with one attached hydrogen (secondary N) is 2.